The van der Waals surface area contributed by atoms with Crippen LogP contribution in [0.1, 0.15) is 52.0 Å². The number of ether oxygens (including phenoxy) is 1. The molecule has 0 spiro atoms. The van der Waals surface area contributed by atoms with Crippen LogP contribution in [0.2, 0.25) is 0 Å². The molecule has 1 aliphatic rings. The Morgan fingerprint density at radius 3 is 2.54 bits per heavy atom. The van der Waals surface area contributed by atoms with Gasteiger partial charge in [-0.2, -0.15) is 0 Å². The molecule has 1 saturated heterocycles. The number of likely N-dealkylation sites (tertiary alicyclic amines) is 1. The predicted molar refractivity (Wildman–Crippen MR) is 104 cm³/mol. The molecule has 1 amide bonds. The number of ketones is 1. The van der Waals surface area contributed by atoms with Gasteiger partial charge in [-0.05, 0) is 61.7 Å². The molecule has 1 heterocycles. The molecular weight excluding hydrogens is 358 g/mol. The Labute approximate surface area is 163 Å². The Balaban J connectivity index is 1.59. The average Bonchev–Trinajstić information content (AvgIpc) is 2.72. The summed E-state index contributed by atoms with van der Waals surface area (Å²) in [6.45, 7) is 2.65. The molecule has 1 fully saturated rings. The van der Waals surface area contributed by atoms with E-state index in [1.54, 1.807) is 47.4 Å². The summed E-state index contributed by atoms with van der Waals surface area (Å²) < 4.78 is 5.57. The molecule has 1 aliphatic heterocycles. The smallest absolute Gasteiger partial charge is 0.335 e. The van der Waals surface area contributed by atoms with Gasteiger partial charge in [0.2, 0.25) is 0 Å². The van der Waals surface area contributed by atoms with Crippen LogP contribution in [0.3, 0.4) is 0 Å². The monoisotopic (exact) mass is 381 g/mol. The summed E-state index contributed by atoms with van der Waals surface area (Å²) >= 11 is 0. The molecule has 1 N–H and O–H groups in total. The molecule has 146 valence electrons. The lowest BCUT2D eigenvalue weighted by molar-refractivity contribution is -0.134. The van der Waals surface area contributed by atoms with E-state index in [4.69, 9.17) is 4.74 Å². The molecule has 2 aromatic rings. The van der Waals surface area contributed by atoms with Crippen LogP contribution in [0.25, 0.3) is 0 Å². The molecule has 1 atom stereocenters. The second-order valence-corrected chi connectivity index (χ2v) is 6.98. The van der Waals surface area contributed by atoms with Gasteiger partial charge in [0.1, 0.15) is 5.75 Å². The lowest BCUT2D eigenvalue weighted by Gasteiger charge is -2.33. The van der Waals surface area contributed by atoms with Gasteiger partial charge in [-0.1, -0.05) is 12.1 Å². The van der Waals surface area contributed by atoms with E-state index in [1.807, 2.05) is 6.07 Å². The zero-order valence-electron chi connectivity index (χ0n) is 15.8. The van der Waals surface area contributed by atoms with Crippen LogP contribution >= 0.6 is 0 Å². The van der Waals surface area contributed by atoms with Crippen LogP contribution in [0.15, 0.2) is 48.5 Å². The van der Waals surface area contributed by atoms with E-state index in [0.29, 0.717) is 24.4 Å². The topological polar surface area (TPSA) is 83.9 Å². The number of nitrogens with zero attached hydrogens (tertiary/aromatic N) is 1. The summed E-state index contributed by atoms with van der Waals surface area (Å²) in [6.07, 6.45) is 1.78. The van der Waals surface area contributed by atoms with Crippen molar-refractivity contribution in [2.75, 3.05) is 19.7 Å². The number of aromatic carboxylic acids is 1. The first-order chi connectivity index (χ1) is 13.4. The summed E-state index contributed by atoms with van der Waals surface area (Å²) in [5, 5.41) is 9.17. The van der Waals surface area contributed by atoms with Crippen molar-refractivity contribution in [2.45, 2.75) is 25.7 Å². The highest BCUT2D eigenvalue weighted by Gasteiger charge is 2.25. The van der Waals surface area contributed by atoms with E-state index < -0.39 is 5.97 Å². The third kappa shape index (κ3) is 4.76. The first-order valence-electron chi connectivity index (χ1n) is 9.29. The van der Waals surface area contributed by atoms with Crippen molar-refractivity contribution in [1.29, 1.82) is 0 Å². The van der Waals surface area contributed by atoms with Crippen molar-refractivity contribution < 1.29 is 24.2 Å². The highest BCUT2D eigenvalue weighted by atomic mass is 16.5. The zero-order chi connectivity index (χ0) is 20.1. The minimum atomic E-state index is -0.949. The van der Waals surface area contributed by atoms with Gasteiger partial charge in [-0.25, -0.2) is 4.79 Å². The maximum atomic E-state index is 12.6. The maximum absolute atomic E-state index is 12.6. The molecule has 0 aliphatic carbocycles. The average molecular weight is 381 g/mol. The van der Waals surface area contributed by atoms with Crippen molar-refractivity contribution in [3.8, 4) is 5.75 Å². The second-order valence-electron chi connectivity index (χ2n) is 6.98. The molecule has 0 saturated carbocycles. The Kier molecular flexibility index (Phi) is 6.09. The summed E-state index contributed by atoms with van der Waals surface area (Å²) in [6, 6.07) is 13.6. The highest BCUT2D eigenvalue weighted by Crippen LogP contribution is 2.27. The molecule has 2 aromatic carbocycles. The van der Waals surface area contributed by atoms with Crippen LogP contribution in [0, 0.1) is 0 Å². The van der Waals surface area contributed by atoms with E-state index >= 15 is 0 Å². The Bertz CT molecular complexity index is 875. The molecule has 0 aromatic heterocycles. The van der Waals surface area contributed by atoms with Crippen molar-refractivity contribution >= 4 is 17.7 Å². The minimum absolute atomic E-state index is 0.0195. The first-order valence-corrected chi connectivity index (χ1v) is 9.29. The van der Waals surface area contributed by atoms with E-state index in [-0.39, 0.29) is 29.8 Å². The number of rotatable bonds is 6. The van der Waals surface area contributed by atoms with Crippen molar-refractivity contribution in [2.24, 2.45) is 0 Å². The molecular formula is C22H23NO5. The number of amides is 1. The number of hydrogen-bond acceptors (Lipinski definition) is 4. The number of carbonyl (C=O) groups is 3. The van der Waals surface area contributed by atoms with Crippen LogP contribution in [-0.4, -0.2) is 47.4 Å². The lowest BCUT2D eigenvalue weighted by Crippen LogP contribution is -2.41. The van der Waals surface area contributed by atoms with Gasteiger partial charge in [0, 0.05) is 24.6 Å². The Hall–Kier alpha value is -3.15. The third-order valence-electron chi connectivity index (χ3n) is 5.00. The van der Waals surface area contributed by atoms with Gasteiger partial charge in [-0.15, -0.1) is 0 Å². The fraction of sp³-hybridized carbons (Fsp3) is 0.318. The van der Waals surface area contributed by atoms with Gasteiger partial charge >= 0.3 is 5.97 Å². The van der Waals surface area contributed by atoms with Gasteiger partial charge in [-0.3, -0.25) is 9.59 Å². The molecule has 0 bridgehead atoms. The molecule has 28 heavy (non-hydrogen) atoms. The van der Waals surface area contributed by atoms with E-state index in [2.05, 4.69) is 0 Å². The Morgan fingerprint density at radius 1 is 1.11 bits per heavy atom. The second kappa shape index (κ2) is 8.69. The summed E-state index contributed by atoms with van der Waals surface area (Å²) in [5.41, 5.74) is 1.80. The lowest BCUT2D eigenvalue weighted by atomic mass is 9.89. The molecule has 0 unspecified atom stereocenters. The van der Waals surface area contributed by atoms with Crippen LogP contribution in [0.5, 0.6) is 5.75 Å². The number of carboxylic acids is 1. The maximum Gasteiger partial charge on any atom is 0.335 e. The molecule has 6 heteroatoms. The number of carboxylic acid groups (broad SMARTS) is 1. The number of Topliss-reactive ketones (excluding diaryl/α,β-unsaturated/α-hetero) is 1. The normalized spacial score (nSPS) is 16.5. The van der Waals surface area contributed by atoms with Gasteiger partial charge in [0.25, 0.3) is 5.91 Å². The highest BCUT2D eigenvalue weighted by molar-refractivity contribution is 5.94. The number of benzene rings is 2. The van der Waals surface area contributed by atoms with Gasteiger partial charge in [0.15, 0.2) is 12.4 Å². The Morgan fingerprint density at radius 2 is 1.86 bits per heavy atom. The fourth-order valence-electron chi connectivity index (χ4n) is 3.42. The number of piperidine rings is 1. The van der Waals surface area contributed by atoms with Crippen molar-refractivity contribution in [1.82, 2.24) is 4.90 Å². The number of carbonyl (C=O) groups excluding carboxylic acids is 2. The number of hydrogen-bond donors (Lipinski definition) is 1. The largest absolute Gasteiger partial charge is 0.484 e. The van der Waals surface area contributed by atoms with E-state index in [9.17, 15) is 19.5 Å². The van der Waals surface area contributed by atoms with E-state index in [0.717, 1.165) is 18.4 Å². The molecule has 0 radical (unpaired) electrons. The fourth-order valence-corrected chi connectivity index (χ4v) is 3.42. The SMILES string of the molecule is CC(=O)c1ccc(OCC(=O)N2CCC[C@@H](c3cccc(C(=O)O)c3)C2)cc1. The summed E-state index contributed by atoms with van der Waals surface area (Å²) in [7, 11) is 0. The quantitative estimate of drug-likeness (QED) is 0.776. The van der Waals surface area contributed by atoms with Crippen molar-refractivity contribution in [3.63, 3.8) is 0 Å². The predicted octanol–water partition coefficient (Wildman–Crippen LogP) is 3.37. The van der Waals surface area contributed by atoms with Gasteiger partial charge < -0.3 is 14.7 Å². The molecule has 6 nitrogen and oxygen atoms in total. The molecule has 3 rings (SSSR count). The third-order valence-corrected chi connectivity index (χ3v) is 5.00. The first kappa shape index (κ1) is 19.6. The zero-order valence-corrected chi connectivity index (χ0v) is 15.8. The van der Waals surface area contributed by atoms with Crippen molar-refractivity contribution in [3.05, 3.63) is 65.2 Å². The standard InChI is InChI=1S/C22H23NO5/c1-15(24)16-7-9-20(10-8-16)28-14-21(25)23-11-3-6-19(13-23)17-4-2-5-18(12-17)22(26)27/h2,4-5,7-10,12,19H,3,6,11,13-14H2,1H3,(H,26,27)/t19-/m1/s1. The van der Waals surface area contributed by atoms with Gasteiger partial charge in [0.05, 0.1) is 5.56 Å². The summed E-state index contributed by atoms with van der Waals surface area (Å²) in [5.74, 6) is -0.411. The van der Waals surface area contributed by atoms with E-state index in [1.165, 1.54) is 6.92 Å². The van der Waals surface area contributed by atoms with Crippen LogP contribution in [0.4, 0.5) is 0 Å². The van der Waals surface area contributed by atoms with Crippen LogP contribution in [-0.2, 0) is 4.79 Å². The van der Waals surface area contributed by atoms with Crippen LogP contribution < -0.4 is 4.74 Å². The minimum Gasteiger partial charge on any atom is -0.484 e. The summed E-state index contributed by atoms with van der Waals surface area (Å²) in [4.78, 5) is 36.8.